The number of rotatable bonds is 10. The Morgan fingerprint density at radius 2 is 1.35 bits per heavy atom. The summed E-state index contributed by atoms with van der Waals surface area (Å²) in [7, 11) is -2.07. The van der Waals surface area contributed by atoms with E-state index in [9.17, 15) is 5.11 Å². The summed E-state index contributed by atoms with van der Waals surface area (Å²) in [6.07, 6.45) is 1.46. The molecule has 0 spiro atoms. The maximum atomic E-state index is 10.6. The fraction of sp³-hybridized carbons (Fsp3) is 0.464. The second-order valence-electron chi connectivity index (χ2n) is 9.82. The van der Waals surface area contributed by atoms with Crippen LogP contribution in [0.15, 0.2) is 78.0 Å². The molecule has 5 nitrogen and oxygen atoms in total. The van der Waals surface area contributed by atoms with E-state index in [1.807, 2.05) is 60.7 Å². The SMILES string of the molecule is CC(C)[Si](OC[C@H]1O[C@@H](ON=C(c2ccccc2)c2ccccc2)C=C[C@H]1O)(C(C)C)C(C)C. The Morgan fingerprint density at radius 1 is 0.853 bits per heavy atom. The van der Waals surface area contributed by atoms with Crippen molar-refractivity contribution in [3.63, 3.8) is 0 Å². The quantitative estimate of drug-likeness (QED) is 0.187. The summed E-state index contributed by atoms with van der Waals surface area (Å²) in [6.45, 7) is 13.8. The molecule has 3 atom stereocenters. The van der Waals surface area contributed by atoms with Gasteiger partial charge in [-0.05, 0) is 22.7 Å². The van der Waals surface area contributed by atoms with Crippen LogP contribution in [0.2, 0.25) is 16.6 Å². The smallest absolute Gasteiger partial charge is 0.246 e. The Hall–Kier alpha value is -2.25. The fourth-order valence-corrected chi connectivity index (χ4v) is 10.6. The highest BCUT2D eigenvalue weighted by Crippen LogP contribution is 2.42. The van der Waals surface area contributed by atoms with Gasteiger partial charge in [0.1, 0.15) is 17.9 Å². The van der Waals surface area contributed by atoms with Gasteiger partial charge in [0, 0.05) is 11.1 Å². The van der Waals surface area contributed by atoms with Crippen LogP contribution in [0.25, 0.3) is 0 Å². The first-order valence-corrected chi connectivity index (χ1v) is 14.4. The summed E-state index contributed by atoms with van der Waals surface area (Å²) in [5.41, 5.74) is 4.01. The molecule has 1 aliphatic heterocycles. The number of aliphatic hydroxyl groups excluding tert-OH is 1. The first-order chi connectivity index (χ1) is 16.3. The van der Waals surface area contributed by atoms with E-state index in [0.717, 1.165) is 16.8 Å². The zero-order valence-corrected chi connectivity index (χ0v) is 22.2. The molecule has 34 heavy (non-hydrogen) atoms. The lowest BCUT2D eigenvalue weighted by molar-refractivity contribution is -0.178. The van der Waals surface area contributed by atoms with Crippen molar-refractivity contribution in [2.24, 2.45) is 5.16 Å². The molecule has 0 bridgehead atoms. The van der Waals surface area contributed by atoms with Crippen LogP contribution < -0.4 is 0 Å². The minimum atomic E-state index is -2.07. The van der Waals surface area contributed by atoms with E-state index in [-0.39, 0.29) is 0 Å². The molecule has 2 aromatic carbocycles. The van der Waals surface area contributed by atoms with Crippen molar-refractivity contribution < 1.29 is 19.1 Å². The van der Waals surface area contributed by atoms with E-state index in [2.05, 4.69) is 46.7 Å². The van der Waals surface area contributed by atoms with Gasteiger partial charge in [-0.2, -0.15) is 0 Å². The van der Waals surface area contributed by atoms with Gasteiger partial charge in [-0.25, -0.2) is 0 Å². The molecule has 6 heteroatoms. The van der Waals surface area contributed by atoms with Gasteiger partial charge in [0.15, 0.2) is 8.32 Å². The van der Waals surface area contributed by atoms with Crippen LogP contribution in [0.3, 0.4) is 0 Å². The molecule has 0 fully saturated rings. The number of nitrogens with zero attached hydrogens (tertiary/aromatic N) is 1. The molecule has 184 valence electrons. The van der Waals surface area contributed by atoms with Gasteiger partial charge >= 0.3 is 0 Å². The average molecular weight is 482 g/mol. The van der Waals surface area contributed by atoms with Crippen molar-refractivity contribution in [1.29, 1.82) is 0 Å². The van der Waals surface area contributed by atoms with Crippen molar-refractivity contribution in [3.05, 3.63) is 83.9 Å². The molecule has 3 rings (SSSR count). The monoisotopic (exact) mass is 481 g/mol. The van der Waals surface area contributed by atoms with Gasteiger partial charge in [-0.3, -0.25) is 0 Å². The van der Waals surface area contributed by atoms with Crippen LogP contribution in [-0.2, 0) is 14.0 Å². The van der Waals surface area contributed by atoms with Crippen LogP contribution in [0.1, 0.15) is 52.7 Å². The number of aliphatic hydroxyl groups is 1. The molecular formula is C28H39NO4Si. The van der Waals surface area contributed by atoms with Crippen molar-refractivity contribution >= 4 is 14.0 Å². The van der Waals surface area contributed by atoms with Gasteiger partial charge in [-0.15, -0.1) is 0 Å². The number of oxime groups is 1. The first kappa shape index (κ1) is 26.4. The Kier molecular flexibility index (Phi) is 9.25. The summed E-state index contributed by atoms with van der Waals surface area (Å²) in [4.78, 5) is 5.83. The third-order valence-corrected chi connectivity index (χ3v) is 12.8. The lowest BCUT2D eigenvalue weighted by atomic mass is 10.0. The Morgan fingerprint density at radius 3 is 1.82 bits per heavy atom. The van der Waals surface area contributed by atoms with Crippen LogP contribution in [0.5, 0.6) is 0 Å². The van der Waals surface area contributed by atoms with E-state index in [1.165, 1.54) is 0 Å². The van der Waals surface area contributed by atoms with E-state index < -0.39 is 26.8 Å². The lowest BCUT2D eigenvalue weighted by Gasteiger charge is -2.43. The third kappa shape index (κ3) is 6.05. The summed E-state index contributed by atoms with van der Waals surface area (Å²) in [5.74, 6) is 0. The predicted octanol–water partition coefficient (Wildman–Crippen LogP) is 6.29. The van der Waals surface area contributed by atoms with Crippen molar-refractivity contribution in [2.75, 3.05) is 6.61 Å². The van der Waals surface area contributed by atoms with Crippen LogP contribution in [0.4, 0.5) is 0 Å². The summed E-state index contributed by atoms with van der Waals surface area (Å²) >= 11 is 0. The fourth-order valence-electron chi connectivity index (χ4n) is 5.12. The van der Waals surface area contributed by atoms with Gasteiger partial charge < -0.3 is 19.1 Å². The second-order valence-corrected chi connectivity index (χ2v) is 15.3. The van der Waals surface area contributed by atoms with Crippen molar-refractivity contribution in [3.8, 4) is 0 Å². The maximum Gasteiger partial charge on any atom is 0.246 e. The number of benzene rings is 2. The van der Waals surface area contributed by atoms with E-state index in [1.54, 1.807) is 12.2 Å². The molecule has 0 aliphatic carbocycles. The predicted molar refractivity (Wildman–Crippen MR) is 140 cm³/mol. The topological polar surface area (TPSA) is 60.3 Å². The van der Waals surface area contributed by atoms with Gasteiger partial charge in [0.2, 0.25) is 6.29 Å². The molecule has 0 saturated carbocycles. The van der Waals surface area contributed by atoms with E-state index in [4.69, 9.17) is 14.0 Å². The highest BCUT2D eigenvalue weighted by Gasteiger charge is 2.46. The lowest BCUT2D eigenvalue weighted by Crippen LogP contribution is -2.51. The summed E-state index contributed by atoms with van der Waals surface area (Å²) in [6, 6.07) is 19.9. The second kappa shape index (κ2) is 11.9. The molecule has 1 aliphatic rings. The number of hydrogen-bond acceptors (Lipinski definition) is 5. The van der Waals surface area contributed by atoms with Crippen LogP contribution in [-0.4, -0.2) is 44.2 Å². The molecule has 0 unspecified atom stereocenters. The summed E-state index contributed by atoms with van der Waals surface area (Å²) < 4.78 is 12.8. The van der Waals surface area contributed by atoms with E-state index in [0.29, 0.717) is 23.2 Å². The zero-order chi connectivity index (χ0) is 24.7. The Bertz CT molecular complexity index is 880. The van der Waals surface area contributed by atoms with Gasteiger partial charge in [0.25, 0.3) is 0 Å². The highest BCUT2D eigenvalue weighted by atomic mass is 28.4. The third-order valence-electron chi connectivity index (χ3n) is 6.70. The molecule has 0 aromatic heterocycles. The number of ether oxygens (including phenoxy) is 1. The van der Waals surface area contributed by atoms with Gasteiger partial charge in [0.05, 0.1) is 6.61 Å². The minimum Gasteiger partial charge on any atom is -0.413 e. The molecule has 1 heterocycles. The molecule has 1 N–H and O–H groups in total. The van der Waals surface area contributed by atoms with E-state index >= 15 is 0 Å². The normalized spacial score (nSPS) is 20.7. The van der Waals surface area contributed by atoms with Crippen molar-refractivity contribution in [1.82, 2.24) is 0 Å². The largest absolute Gasteiger partial charge is 0.413 e. The van der Waals surface area contributed by atoms with Gasteiger partial charge in [-0.1, -0.05) is 113 Å². The summed E-state index contributed by atoms with van der Waals surface area (Å²) in [5, 5.41) is 15.0. The molecule has 0 radical (unpaired) electrons. The molecule has 2 aromatic rings. The molecular weight excluding hydrogens is 442 g/mol. The Labute approximate surface area is 205 Å². The van der Waals surface area contributed by atoms with Crippen molar-refractivity contribution in [2.45, 2.75) is 76.7 Å². The first-order valence-electron chi connectivity index (χ1n) is 12.3. The Balaban J connectivity index is 1.75. The molecule has 0 amide bonds. The zero-order valence-electron chi connectivity index (χ0n) is 21.2. The van der Waals surface area contributed by atoms with Crippen LogP contribution >= 0.6 is 0 Å². The maximum absolute atomic E-state index is 10.6. The average Bonchev–Trinajstić information content (AvgIpc) is 2.82. The standard InChI is InChI=1S/C28H39NO4Si/c1-20(2)34(21(3)4,22(5)6)31-19-26-25(30)17-18-27(32-26)33-29-28(23-13-9-7-10-14-23)24-15-11-8-12-16-24/h7-18,20-22,25-27,30H,19H2,1-6H3/t25-,26-,27+/m1/s1. The minimum absolute atomic E-state index is 0.333. The van der Waals surface area contributed by atoms with Crippen LogP contribution in [0, 0.1) is 0 Å². The highest BCUT2D eigenvalue weighted by molar-refractivity contribution is 6.77. The number of hydrogen-bond donors (Lipinski definition) is 1. The molecule has 0 saturated heterocycles.